The molecular formula is C16H17N3O4. The molecule has 1 amide bonds. The topological polar surface area (TPSA) is 92.5 Å². The fraction of sp³-hybridized carbons (Fsp3) is 0.375. The summed E-state index contributed by atoms with van der Waals surface area (Å²) in [5, 5.41) is 14.4. The average Bonchev–Trinajstić information content (AvgIpc) is 2.57. The molecular weight excluding hydrogens is 298 g/mol. The Hall–Kier alpha value is -2.70. The van der Waals surface area contributed by atoms with Gasteiger partial charge in [0.1, 0.15) is 6.54 Å². The number of carbonyl (C=O) groups excluding carboxylic acids is 1. The molecule has 2 aromatic rings. The third-order valence-corrected chi connectivity index (χ3v) is 4.17. The lowest BCUT2D eigenvalue weighted by molar-refractivity contribution is -0.145. The van der Waals surface area contributed by atoms with Crippen LogP contribution in [-0.4, -0.2) is 44.8 Å². The molecule has 1 aliphatic rings. The van der Waals surface area contributed by atoms with E-state index < -0.39 is 11.9 Å². The van der Waals surface area contributed by atoms with Crippen molar-refractivity contribution >= 4 is 22.6 Å². The minimum Gasteiger partial charge on any atom is -0.481 e. The summed E-state index contributed by atoms with van der Waals surface area (Å²) in [4.78, 5) is 37.3. The Labute approximate surface area is 132 Å². The molecule has 1 aromatic carbocycles. The minimum atomic E-state index is -0.886. The van der Waals surface area contributed by atoms with Gasteiger partial charge in [0, 0.05) is 18.5 Å². The molecule has 0 saturated carbocycles. The van der Waals surface area contributed by atoms with Crippen LogP contribution in [0.4, 0.5) is 0 Å². The van der Waals surface area contributed by atoms with E-state index in [1.807, 2.05) is 6.07 Å². The molecule has 1 unspecified atom stereocenters. The monoisotopic (exact) mass is 315 g/mol. The van der Waals surface area contributed by atoms with E-state index in [4.69, 9.17) is 5.11 Å². The number of likely N-dealkylation sites (tertiary alicyclic amines) is 1. The summed E-state index contributed by atoms with van der Waals surface area (Å²) < 4.78 is 1.13. The molecule has 3 rings (SSSR count). The maximum absolute atomic E-state index is 12.4. The van der Waals surface area contributed by atoms with Crippen LogP contribution in [0.5, 0.6) is 0 Å². The minimum absolute atomic E-state index is 0.171. The van der Waals surface area contributed by atoms with Crippen LogP contribution >= 0.6 is 0 Å². The summed E-state index contributed by atoms with van der Waals surface area (Å²) in [6.07, 6.45) is 2.79. The number of benzene rings is 1. The molecule has 1 fully saturated rings. The molecule has 1 saturated heterocycles. The quantitative estimate of drug-likeness (QED) is 0.901. The normalized spacial score (nSPS) is 18.1. The Balaban J connectivity index is 1.79. The number of amides is 1. The van der Waals surface area contributed by atoms with Gasteiger partial charge in [-0.1, -0.05) is 18.2 Å². The third kappa shape index (κ3) is 3.08. The summed E-state index contributed by atoms with van der Waals surface area (Å²) in [6, 6.07) is 7.07. The number of aromatic nitrogens is 2. The molecule has 23 heavy (non-hydrogen) atoms. The van der Waals surface area contributed by atoms with Gasteiger partial charge in [0.2, 0.25) is 5.91 Å². The molecule has 0 spiro atoms. The predicted molar refractivity (Wildman–Crippen MR) is 82.9 cm³/mol. The van der Waals surface area contributed by atoms with E-state index in [0.717, 1.165) is 10.1 Å². The molecule has 7 nitrogen and oxygen atoms in total. The number of rotatable bonds is 3. The number of carboxylic acids is 1. The number of fused-ring (bicyclic) bond motifs is 1. The van der Waals surface area contributed by atoms with Gasteiger partial charge in [0.05, 0.1) is 17.5 Å². The zero-order chi connectivity index (χ0) is 16.4. The van der Waals surface area contributed by atoms with E-state index in [9.17, 15) is 14.4 Å². The Morgan fingerprint density at radius 3 is 2.87 bits per heavy atom. The Bertz CT molecular complexity index is 814. The predicted octanol–water partition coefficient (Wildman–Crippen LogP) is 0.720. The first-order valence-corrected chi connectivity index (χ1v) is 7.51. The number of aliphatic carboxylic acids is 1. The van der Waals surface area contributed by atoms with Crippen LogP contribution in [0.15, 0.2) is 35.3 Å². The molecule has 1 aromatic heterocycles. The Kier molecular flexibility index (Phi) is 4.10. The van der Waals surface area contributed by atoms with Gasteiger partial charge in [0.15, 0.2) is 0 Å². The number of hydrogen-bond acceptors (Lipinski definition) is 4. The second-order valence-corrected chi connectivity index (χ2v) is 5.71. The first kappa shape index (κ1) is 15.2. The van der Waals surface area contributed by atoms with Gasteiger partial charge in [-0.3, -0.25) is 14.4 Å². The van der Waals surface area contributed by atoms with Crippen LogP contribution in [-0.2, 0) is 16.1 Å². The maximum atomic E-state index is 12.4. The van der Waals surface area contributed by atoms with Crippen LogP contribution in [0.3, 0.4) is 0 Å². The van der Waals surface area contributed by atoms with E-state index in [1.54, 1.807) is 24.4 Å². The van der Waals surface area contributed by atoms with Gasteiger partial charge in [0.25, 0.3) is 5.56 Å². The number of piperidine rings is 1. The molecule has 7 heteroatoms. The third-order valence-electron chi connectivity index (χ3n) is 4.17. The van der Waals surface area contributed by atoms with Crippen molar-refractivity contribution in [2.75, 3.05) is 13.1 Å². The van der Waals surface area contributed by atoms with Crippen LogP contribution in [0.1, 0.15) is 12.8 Å². The molecule has 0 radical (unpaired) electrons. The van der Waals surface area contributed by atoms with Gasteiger partial charge in [-0.2, -0.15) is 5.10 Å². The summed E-state index contributed by atoms with van der Waals surface area (Å²) in [5.41, 5.74) is -0.316. The van der Waals surface area contributed by atoms with E-state index in [0.29, 0.717) is 24.8 Å². The lowest BCUT2D eigenvalue weighted by Gasteiger charge is -2.30. The highest BCUT2D eigenvalue weighted by Crippen LogP contribution is 2.17. The van der Waals surface area contributed by atoms with E-state index >= 15 is 0 Å². The van der Waals surface area contributed by atoms with Gasteiger partial charge >= 0.3 is 5.97 Å². The number of carboxylic acid groups (broad SMARTS) is 1. The molecule has 0 bridgehead atoms. The molecule has 0 aliphatic carbocycles. The standard InChI is InChI=1S/C16H17N3O4/c20-14(18-7-3-5-12(9-18)16(22)23)10-19-15(21)13-6-2-1-4-11(13)8-17-19/h1-2,4,6,8,12H,3,5,7,9-10H2,(H,22,23). The van der Waals surface area contributed by atoms with Crippen LogP contribution in [0.2, 0.25) is 0 Å². The van der Waals surface area contributed by atoms with Gasteiger partial charge in [-0.05, 0) is 18.9 Å². The Morgan fingerprint density at radius 1 is 1.30 bits per heavy atom. The summed E-state index contributed by atoms with van der Waals surface area (Å²) in [5.74, 6) is -1.70. The SMILES string of the molecule is O=C(O)C1CCCN(C(=O)Cn2ncc3ccccc3c2=O)C1. The fourth-order valence-electron chi connectivity index (χ4n) is 2.87. The van der Waals surface area contributed by atoms with E-state index in [2.05, 4.69) is 5.10 Å². The van der Waals surface area contributed by atoms with Crippen molar-refractivity contribution in [1.82, 2.24) is 14.7 Å². The number of nitrogens with zero attached hydrogens (tertiary/aromatic N) is 3. The van der Waals surface area contributed by atoms with Crippen molar-refractivity contribution in [3.05, 3.63) is 40.8 Å². The lowest BCUT2D eigenvalue weighted by atomic mass is 9.98. The zero-order valence-corrected chi connectivity index (χ0v) is 12.5. The largest absolute Gasteiger partial charge is 0.481 e. The second kappa shape index (κ2) is 6.20. The first-order valence-electron chi connectivity index (χ1n) is 7.51. The summed E-state index contributed by atoms with van der Waals surface area (Å²) in [7, 11) is 0. The zero-order valence-electron chi connectivity index (χ0n) is 12.5. The maximum Gasteiger partial charge on any atom is 0.308 e. The van der Waals surface area contributed by atoms with Crippen molar-refractivity contribution in [3.8, 4) is 0 Å². The highest BCUT2D eigenvalue weighted by Gasteiger charge is 2.28. The summed E-state index contributed by atoms with van der Waals surface area (Å²) in [6.45, 7) is 0.539. The van der Waals surface area contributed by atoms with E-state index in [-0.39, 0.29) is 24.6 Å². The van der Waals surface area contributed by atoms with Crippen LogP contribution < -0.4 is 5.56 Å². The smallest absolute Gasteiger partial charge is 0.308 e. The highest BCUT2D eigenvalue weighted by molar-refractivity contribution is 5.81. The Morgan fingerprint density at radius 2 is 2.09 bits per heavy atom. The van der Waals surface area contributed by atoms with Gasteiger partial charge in [-0.15, -0.1) is 0 Å². The molecule has 120 valence electrons. The second-order valence-electron chi connectivity index (χ2n) is 5.71. The van der Waals surface area contributed by atoms with Crippen LogP contribution in [0, 0.1) is 5.92 Å². The van der Waals surface area contributed by atoms with Gasteiger partial charge < -0.3 is 10.0 Å². The lowest BCUT2D eigenvalue weighted by Crippen LogP contribution is -2.44. The average molecular weight is 315 g/mol. The van der Waals surface area contributed by atoms with Crippen molar-refractivity contribution in [2.45, 2.75) is 19.4 Å². The first-order chi connectivity index (χ1) is 11.1. The van der Waals surface area contributed by atoms with Crippen LogP contribution in [0.25, 0.3) is 10.8 Å². The van der Waals surface area contributed by atoms with Gasteiger partial charge in [-0.25, -0.2) is 4.68 Å². The molecule has 1 aliphatic heterocycles. The summed E-state index contributed by atoms with van der Waals surface area (Å²) >= 11 is 0. The van der Waals surface area contributed by atoms with Crippen molar-refractivity contribution < 1.29 is 14.7 Å². The van der Waals surface area contributed by atoms with Crippen molar-refractivity contribution in [2.24, 2.45) is 5.92 Å². The van der Waals surface area contributed by atoms with Crippen molar-refractivity contribution in [3.63, 3.8) is 0 Å². The number of carbonyl (C=O) groups is 2. The molecule has 1 N–H and O–H groups in total. The highest BCUT2D eigenvalue weighted by atomic mass is 16.4. The molecule has 1 atom stereocenters. The van der Waals surface area contributed by atoms with Crippen molar-refractivity contribution in [1.29, 1.82) is 0 Å². The molecule has 2 heterocycles. The number of hydrogen-bond donors (Lipinski definition) is 1. The van der Waals surface area contributed by atoms with E-state index in [1.165, 1.54) is 4.90 Å². The fourth-order valence-corrected chi connectivity index (χ4v) is 2.87.